The normalized spacial score (nSPS) is 15.4. The van der Waals surface area contributed by atoms with Crippen LogP contribution in [0.3, 0.4) is 0 Å². The van der Waals surface area contributed by atoms with Gasteiger partial charge in [-0.05, 0) is 31.5 Å². The molecule has 92 valence electrons. The van der Waals surface area contributed by atoms with Gasteiger partial charge in [-0.1, -0.05) is 15.9 Å². The second kappa shape index (κ2) is 5.46. The molecule has 0 radical (unpaired) electrons. The van der Waals surface area contributed by atoms with Gasteiger partial charge in [0.05, 0.1) is 17.6 Å². The van der Waals surface area contributed by atoms with E-state index in [9.17, 15) is 10.1 Å². The summed E-state index contributed by atoms with van der Waals surface area (Å²) in [6.45, 7) is 2.68. The quantitative estimate of drug-likeness (QED) is 0.670. The average molecular weight is 301 g/mol. The first kappa shape index (κ1) is 12.3. The van der Waals surface area contributed by atoms with Gasteiger partial charge in [-0.2, -0.15) is 0 Å². The van der Waals surface area contributed by atoms with Gasteiger partial charge in [0, 0.05) is 10.5 Å². The van der Waals surface area contributed by atoms with Crippen LogP contribution >= 0.6 is 15.9 Å². The molecular weight excluding hydrogens is 288 g/mol. The Morgan fingerprint density at radius 2 is 2.24 bits per heavy atom. The third-order valence-corrected chi connectivity index (χ3v) is 3.19. The van der Waals surface area contributed by atoms with Crippen LogP contribution in [0.5, 0.6) is 5.75 Å². The molecule has 1 saturated heterocycles. The number of nitrogens with zero attached hydrogens (tertiary/aromatic N) is 1. The van der Waals surface area contributed by atoms with E-state index in [1.807, 2.05) is 0 Å². The van der Waals surface area contributed by atoms with Gasteiger partial charge in [-0.25, -0.2) is 0 Å². The molecule has 1 aromatic rings. The third kappa shape index (κ3) is 3.41. The van der Waals surface area contributed by atoms with Crippen LogP contribution < -0.4 is 10.1 Å². The van der Waals surface area contributed by atoms with Gasteiger partial charge >= 0.3 is 0 Å². The van der Waals surface area contributed by atoms with Crippen LogP contribution in [0.1, 0.15) is 6.42 Å². The number of ether oxygens (including phenoxy) is 1. The van der Waals surface area contributed by atoms with E-state index in [2.05, 4.69) is 21.2 Å². The summed E-state index contributed by atoms with van der Waals surface area (Å²) in [5, 5.41) is 13.9. The number of nitro groups is 1. The Morgan fingerprint density at radius 3 is 2.82 bits per heavy atom. The van der Waals surface area contributed by atoms with E-state index in [0.29, 0.717) is 22.7 Å². The Hall–Kier alpha value is -1.14. The predicted molar refractivity (Wildman–Crippen MR) is 67.3 cm³/mol. The largest absolute Gasteiger partial charge is 0.493 e. The highest BCUT2D eigenvalue weighted by Gasteiger charge is 2.16. The molecule has 0 unspecified atom stereocenters. The molecule has 6 heteroatoms. The summed E-state index contributed by atoms with van der Waals surface area (Å²) in [5.41, 5.74) is 0.0414. The standard InChI is InChI=1S/C11H13BrN2O3/c12-9-3-10(14(15)16)5-11(4-9)17-2-1-8-6-13-7-8/h3-5,8,13H,1-2,6-7H2. The molecule has 0 atom stereocenters. The number of hydrogen-bond donors (Lipinski definition) is 1. The molecule has 5 nitrogen and oxygen atoms in total. The number of benzene rings is 1. The van der Waals surface area contributed by atoms with E-state index in [-0.39, 0.29) is 5.69 Å². The summed E-state index contributed by atoms with van der Waals surface area (Å²) < 4.78 is 6.18. The second-order valence-electron chi connectivity index (χ2n) is 4.06. The van der Waals surface area contributed by atoms with Crippen LogP contribution in [0.25, 0.3) is 0 Å². The third-order valence-electron chi connectivity index (χ3n) is 2.73. The lowest BCUT2D eigenvalue weighted by molar-refractivity contribution is -0.385. The first-order chi connectivity index (χ1) is 8.15. The van der Waals surface area contributed by atoms with Gasteiger partial charge in [-0.3, -0.25) is 10.1 Å². The minimum absolute atomic E-state index is 0.0414. The predicted octanol–water partition coefficient (Wildman–Crippen LogP) is 2.35. The monoisotopic (exact) mass is 300 g/mol. The smallest absolute Gasteiger partial charge is 0.274 e. The molecule has 1 aliphatic rings. The summed E-state index contributed by atoms with van der Waals surface area (Å²) in [5.74, 6) is 1.22. The van der Waals surface area contributed by atoms with E-state index >= 15 is 0 Å². The fourth-order valence-corrected chi connectivity index (χ4v) is 2.09. The Labute approximate surface area is 107 Å². The summed E-state index contributed by atoms with van der Waals surface area (Å²) in [6, 6.07) is 4.65. The SMILES string of the molecule is O=[N+]([O-])c1cc(Br)cc(OCCC2CNC2)c1. The molecule has 0 amide bonds. The van der Waals surface area contributed by atoms with Crippen molar-refractivity contribution in [1.29, 1.82) is 0 Å². The Balaban J connectivity index is 1.92. The second-order valence-corrected chi connectivity index (χ2v) is 4.98. The molecule has 0 spiro atoms. The molecule has 0 bridgehead atoms. The van der Waals surface area contributed by atoms with E-state index in [4.69, 9.17) is 4.74 Å². The molecule has 2 rings (SSSR count). The van der Waals surface area contributed by atoms with Crippen LogP contribution in [-0.4, -0.2) is 24.6 Å². The van der Waals surface area contributed by atoms with Gasteiger partial charge in [0.2, 0.25) is 0 Å². The molecule has 17 heavy (non-hydrogen) atoms. The maximum absolute atomic E-state index is 10.7. The summed E-state index contributed by atoms with van der Waals surface area (Å²) in [6.07, 6.45) is 0.979. The highest BCUT2D eigenvalue weighted by molar-refractivity contribution is 9.10. The van der Waals surface area contributed by atoms with Crippen LogP contribution in [0.15, 0.2) is 22.7 Å². The highest BCUT2D eigenvalue weighted by atomic mass is 79.9. The zero-order chi connectivity index (χ0) is 12.3. The van der Waals surface area contributed by atoms with Crippen LogP contribution in [0.2, 0.25) is 0 Å². The highest BCUT2D eigenvalue weighted by Crippen LogP contribution is 2.26. The lowest BCUT2D eigenvalue weighted by Gasteiger charge is -2.26. The van der Waals surface area contributed by atoms with Crippen LogP contribution in [0, 0.1) is 16.0 Å². The first-order valence-electron chi connectivity index (χ1n) is 5.43. The van der Waals surface area contributed by atoms with Crippen molar-refractivity contribution < 1.29 is 9.66 Å². The topological polar surface area (TPSA) is 64.4 Å². The van der Waals surface area contributed by atoms with Crippen molar-refractivity contribution in [3.63, 3.8) is 0 Å². The lowest BCUT2D eigenvalue weighted by atomic mass is 10.0. The number of nitro benzene ring substituents is 1. The Kier molecular flexibility index (Phi) is 3.96. The Morgan fingerprint density at radius 1 is 1.47 bits per heavy atom. The van der Waals surface area contributed by atoms with E-state index < -0.39 is 4.92 Å². The molecule has 1 fully saturated rings. The molecule has 1 aromatic carbocycles. The minimum atomic E-state index is -0.423. The zero-order valence-electron chi connectivity index (χ0n) is 9.19. The van der Waals surface area contributed by atoms with Crippen molar-refractivity contribution >= 4 is 21.6 Å². The number of hydrogen-bond acceptors (Lipinski definition) is 4. The van der Waals surface area contributed by atoms with Crippen molar-refractivity contribution in [2.75, 3.05) is 19.7 Å². The number of rotatable bonds is 5. The van der Waals surface area contributed by atoms with Gasteiger partial charge in [0.25, 0.3) is 5.69 Å². The summed E-state index contributed by atoms with van der Waals surface area (Å²) in [7, 11) is 0. The first-order valence-corrected chi connectivity index (χ1v) is 6.23. The Bertz CT molecular complexity index is 421. The van der Waals surface area contributed by atoms with Crippen molar-refractivity contribution in [2.24, 2.45) is 5.92 Å². The van der Waals surface area contributed by atoms with E-state index in [1.165, 1.54) is 12.1 Å². The van der Waals surface area contributed by atoms with Crippen molar-refractivity contribution in [3.8, 4) is 5.75 Å². The van der Waals surface area contributed by atoms with Crippen LogP contribution in [-0.2, 0) is 0 Å². The molecule has 1 aliphatic heterocycles. The van der Waals surface area contributed by atoms with E-state index in [1.54, 1.807) is 6.07 Å². The van der Waals surface area contributed by atoms with Gasteiger partial charge in [-0.15, -0.1) is 0 Å². The fourth-order valence-electron chi connectivity index (χ4n) is 1.63. The van der Waals surface area contributed by atoms with E-state index in [0.717, 1.165) is 19.5 Å². The number of non-ortho nitro benzene ring substituents is 1. The van der Waals surface area contributed by atoms with Gasteiger partial charge in [0.1, 0.15) is 5.75 Å². The van der Waals surface area contributed by atoms with Gasteiger partial charge < -0.3 is 10.1 Å². The maximum Gasteiger partial charge on any atom is 0.274 e. The van der Waals surface area contributed by atoms with Crippen molar-refractivity contribution in [2.45, 2.75) is 6.42 Å². The summed E-state index contributed by atoms with van der Waals surface area (Å²) >= 11 is 3.23. The number of nitrogens with one attached hydrogen (secondary N) is 1. The van der Waals surface area contributed by atoms with Crippen molar-refractivity contribution in [1.82, 2.24) is 5.32 Å². The molecular formula is C11H13BrN2O3. The van der Waals surface area contributed by atoms with Gasteiger partial charge in [0.15, 0.2) is 0 Å². The maximum atomic E-state index is 10.7. The molecule has 0 saturated carbocycles. The summed E-state index contributed by atoms with van der Waals surface area (Å²) in [4.78, 5) is 10.2. The van der Waals surface area contributed by atoms with Crippen molar-refractivity contribution in [3.05, 3.63) is 32.8 Å². The fraction of sp³-hybridized carbons (Fsp3) is 0.455. The lowest BCUT2D eigenvalue weighted by Crippen LogP contribution is -2.42. The molecule has 0 aliphatic carbocycles. The van der Waals surface area contributed by atoms with Crippen LogP contribution in [0.4, 0.5) is 5.69 Å². The molecule has 0 aromatic heterocycles. The molecule has 1 N–H and O–H groups in total. The number of halogens is 1. The minimum Gasteiger partial charge on any atom is -0.493 e. The average Bonchev–Trinajstić information content (AvgIpc) is 2.21. The molecule has 1 heterocycles. The zero-order valence-corrected chi connectivity index (χ0v) is 10.8.